The molecule has 0 unspecified atom stereocenters. The summed E-state index contributed by atoms with van der Waals surface area (Å²) in [6, 6.07) is 13.3. The largest absolute Gasteiger partial charge is 0.506 e. The minimum Gasteiger partial charge on any atom is -0.506 e. The summed E-state index contributed by atoms with van der Waals surface area (Å²) in [6.45, 7) is 9.43. The molecule has 0 radical (unpaired) electrons. The van der Waals surface area contributed by atoms with Gasteiger partial charge in [0.05, 0.1) is 28.2 Å². The first kappa shape index (κ1) is 23.1. The number of H-pyrrole nitrogens is 1. The maximum absolute atomic E-state index is 13.3. The molecule has 2 aromatic carbocycles. The van der Waals surface area contributed by atoms with Crippen LogP contribution in [0.1, 0.15) is 50.8 Å². The van der Waals surface area contributed by atoms with E-state index in [0.717, 1.165) is 40.8 Å². The van der Waals surface area contributed by atoms with E-state index >= 15 is 0 Å². The van der Waals surface area contributed by atoms with Crippen molar-refractivity contribution in [3.8, 4) is 6.07 Å². The molecule has 0 spiro atoms. The van der Waals surface area contributed by atoms with Gasteiger partial charge in [0.2, 0.25) is 11.5 Å². The Morgan fingerprint density at radius 2 is 2.00 bits per heavy atom. The van der Waals surface area contributed by atoms with Gasteiger partial charge in [0.15, 0.2) is 5.71 Å². The van der Waals surface area contributed by atoms with Crippen molar-refractivity contribution >= 4 is 45.3 Å². The highest BCUT2D eigenvalue weighted by Crippen LogP contribution is 2.44. The van der Waals surface area contributed by atoms with Gasteiger partial charge in [0.25, 0.3) is 0 Å². The van der Waals surface area contributed by atoms with Gasteiger partial charge in [-0.2, -0.15) is 9.84 Å². The van der Waals surface area contributed by atoms with Crippen molar-refractivity contribution in [3.63, 3.8) is 0 Å². The topological polar surface area (TPSA) is 79.9 Å². The summed E-state index contributed by atoms with van der Waals surface area (Å²) in [6.07, 6.45) is 4.54. The predicted molar refractivity (Wildman–Crippen MR) is 139 cm³/mol. The Morgan fingerprint density at radius 3 is 2.69 bits per heavy atom. The lowest BCUT2D eigenvalue weighted by Crippen LogP contribution is -2.31. The number of aliphatic hydroxyl groups excluding tert-OH is 1. The van der Waals surface area contributed by atoms with Crippen molar-refractivity contribution in [2.24, 2.45) is 5.92 Å². The molecular weight excluding hydrogens is 458 g/mol. The summed E-state index contributed by atoms with van der Waals surface area (Å²) < 4.78 is 2.25. The third-order valence-electron chi connectivity index (χ3n) is 7.11. The zero-order valence-corrected chi connectivity index (χ0v) is 21.0. The average molecular weight is 485 g/mol. The second-order valence-corrected chi connectivity index (χ2v) is 10.6. The highest BCUT2D eigenvalue weighted by atomic mass is 35.5. The van der Waals surface area contributed by atoms with E-state index in [0.29, 0.717) is 27.6 Å². The Bertz CT molecular complexity index is 1540. The number of aromatic amines is 1. The van der Waals surface area contributed by atoms with Gasteiger partial charge < -0.3 is 10.1 Å². The van der Waals surface area contributed by atoms with Crippen LogP contribution in [-0.2, 0) is 10.2 Å². The number of aromatic nitrogens is 1. The van der Waals surface area contributed by atoms with E-state index in [2.05, 4.69) is 43.3 Å². The second-order valence-electron chi connectivity index (χ2n) is 10.2. The van der Waals surface area contributed by atoms with E-state index in [1.54, 1.807) is 24.4 Å². The number of carbonyl (C=O) groups excluding carboxylic acids is 1. The molecule has 0 amide bonds. The van der Waals surface area contributed by atoms with Crippen LogP contribution in [0.25, 0.3) is 16.5 Å². The summed E-state index contributed by atoms with van der Waals surface area (Å²) >= 11 is 6.34. The molecule has 1 aliphatic carbocycles. The van der Waals surface area contributed by atoms with Gasteiger partial charge in [-0.1, -0.05) is 25.4 Å². The number of fused-ring (bicyclic) bond motifs is 2. The van der Waals surface area contributed by atoms with Crippen molar-refractivity contribution in [3.05, 3.63) is 81.7 Å². The van der Waals surface area contributed by atoms with E-state index in [-0.39, 0.29) is 22.5 Å². The molecule has 0 atom stereocenters. The van der Waals surface area contributed by atoms with E-state index in [1.807, 2.05) is 24.3 Å². The number of aliphatic hydroxyl groups is 1. The molecule has 5 rings (SSSR count). The Balaban J connectivity index is 1.62. The minimum absolute atomic E-state index is 0.0145. The van der Waals surface area contributed by atoms with Gasteiger partial charge in [0, 0.05) is 51.8 Å². The number of hydrogen-bond donors (Lipinski definition) is 2. The molecule has 2 heterocycles. The van der Waals surface area contributed by atoms with E-state index in [9.17, 15) is 15.2 Å². The van der Waals surface area contributed by atoms with Crippen LogP contribution < -0.4 is 0 Å². The number of benzene rings is 2. The smallest absolute Gasteiger partial charge is 0.209 e. The fraction of sp³-hybridized carbons (Fsp3) is 0.276. The number of nitriles is 1. The zero-order valence-electron chi connectivity index (χ0n) is 20.2. The predicted octanol–water partition coefficient (Wildman–Crippen LogP) is 6.59. The maximum Gasteiger partial charge on any atom is 0.209 e. The lowest BCUT2D eigenvalue weighted by molar-refractivity contribution is -0.439. The highest BCUT2D eigenvalue weighted by molar-refractivity contribution is 6.41. The Kier molecular flexibility index (Phi) is 5.45. The number of ketones is 1. The van der Waals surface area contributed by atoms with Crippen LogP contribution in [0.15, 0.2) is 60.0 Å². The molecule has 0 fully saturated rings. The van der Waals surface area contributed by atoms with Crippen LogP contribution >= 0.6 is 11.6 Å². The van der Waals surface area contributed by atoms with Crippen molar-refractivity contribution in [1.29, 1.82) is 5.26 Å². The Labute approximate surface area is 209 Å². The van der Waals surface area contributed by atoms with Gasteiger partial charge in [0.1, 0.15) is 12.3 Å². The van der Waals surface area contributed by atoms with E-state index in [4.69, 9.17) is 11.6 Å². The van der Waals surface area contributed by atoms with Gasteiger partial charge in [-0.15, -0.1) is 0 Å². The summed E-state index contributed by atoms with van der Waals surface area (Å²) in [5.74, 6) is 0.306. The molecule has 2 aliphatic rings. The van der Waals surface area contributed by atoms with E-state index < -0.39 is 0 Å². The monoisotopic (exact) mass is 484 g/mol. The quantitative estimate of drug-likeness (QED) is 0.316. The number of Topliss-reactive ketones (excluding diaryl/α,β-unsaturated/α-hetero) is 1. The van der Waals surface area contributed by atoms with Crippen molar-refractivity contribution in [1.82, 2.24) is 4.98 Å². The molecule has 1 aromatic heterocycles. The molecule has 0 saturated heterocycles. The molecule has 5 nitrogen and oxygen atoms in total. The minimum atomic E-state index is -0.386. The van der Waals surface area contributed by atoms with Crippen molar-refractivity contribution < 1.29 is 14.5 Å². The van der Waals surface area contributed by atoms with Gasteiger partial charge in [-0.05, 0) is 50.1 Å². The molecule has 0 saturated carbocycles. The normalized spacial score (nSPS) is 18.0. The standard InChI is InChI=1S/C29H26ClN3O2/c1-16(2)9-10-33-24-8-6-18(30)12-22(24)29(3,4)25(33)13-20-27(34)26(28(20)35)21-15-32-23-7-5-17(14-31)11-19(21)23/h5-8,11-13,15-16H,9-10H2,1-4H3,(H,34,35)/p+1. The van der Waals surface area contributed by atoms with Gasteiger partial charge >= 0.3 is 0 Å². The van der Waals surface area contributed by atoms with Crippen LogP contribution in [0.3, 0.4) is 0 Å². The lowest BCUT2D eigenvalue weighted by atomic mass is 9.77. The first-order chi connectivity index (χ1) is 16.6. The number of carbonyl (C=O) groups is 1. The highest BCUT2D eigenvalue weighted by Gasteiger charge is 2.47. The third-order valence-corrected chi connectivity index (χ3v) is 7.34. The van der Waals surface area contributed by atoms with Crippen LogP contribution in [-0.4, -0.2) is 32.7 Å². The molecule has 1 aliphatic heterocycles. The SMILES string of the molecule is CC(C)CC[N+]1=C(/C=C2\C(=O)C(c3c[nH]c4ccc(C#N)cc34)=C2O)C(C)(C)c2cc(Cl)ccc21. The van der Waals surface area contributed by atoms with Crippen LogP contribution in [0.5, 0.6) is 0 Å². The Hall–Kier alpha value is -3.62. The summed E-state index contributed by atoms with van der Waals surface area (Å²) in [7, 11) is 0. The van der Waals surface area contributed by atoms with Crippen LogP contribution in [0, 0.1) is 17.2 Å². The fourth-order valence-corrected chi connectivity index (χ4v) is 5.25. The number of nitrogens with zero attached hydrogens (tertiary/aromatic N) is 2. The molecule has 3 aromatic rings. The Morgan fingerprint density at radius 1 is 1.23 bits per heavy atom. The lowest BCUT2D eigenvalue weighted by Gasteiger charge is -2.22. The molecule has 2 N–H and O–H groups in total. The van der Waals surface area contributed by atoms with Gasteiger partial charge in [-0.25, -0.2) is 0 Å². The first-order valence-corrected chi connectivity index (χ1v) is 12.2. The number of allylic oxidation sites excluding steroid dienone is 3. The van der Waals surface area contributed by atoms with Gasteiger partial charge in [-0.3, -0.25) is 4.79 Å². The second kappa shape index (κ2) is 8.25. The van der Waals surface area contributed by atoms with Crippen LogP contribution in [0.4, 0.5) is 5.69 Å². The molecule has 35 heavy (non-hydrogen) atoms. The average Bonchev–Trinajstić information content (AvgIpc) is 3.31. The molecule has 176 valence electrons. The zero-order chi connectivity index (χ0) is 25.1. The summed E-state index contributed by atoms with van der Waals surface area (Å²) in [5, 5.41) is 21.7. The number of rotatable bonds is 5. The van der Waals surface area contributed by atoms with Crippen LogP contribution in [0.2, 0.25) is 5.02 Å². The molecule has 0 bridgehead atoms. The number of hydrogen-bond acceptors (Lipinski definition) is 3. The first-order valence-electron chi connectivity index (χ1n) is 11.8. The molecular formula is C29H27ClN3O2+. The molecule has 6 heteroatoms. The summed E-state index contributed by atoms with van der Waals surface area (Å²) in [5.41, 5.74) is 5.28. The van der Waals surface area contributed by atoms with Crippen molar-refractivity contribution in [2.75, 3.05) is 6.54 Å². The third kappa shape index (κ3) is 3.61. The summed E-state index contributed by atoms with van der Waals surface area (Å²) in [4.78, 5) is 16.5. The van der Waals surface area contributed by atoms with Crippen molar-refractivity contribution in [2.45, 2.75) is 39.5 Å². The fourth-order valence-electron chi connectivity index (χ4n) is 5.08. The van der Waals surface area contributed by atoms with E-state index in [1.165, 1.54) is 0 Å². The number of halogens is 1. The number of nitrogens with one attached hydrogen (secondary N) is 1. The maximum atomic E-state index is 13.3.